The zero-order chi connectivity index (χ0) is 10.8. The quantitative estimate of drug-likeness (QED) is 0.481. The lowest BCUT2D eigenvalue weighted by Gasteiger charge is -2.22. The van der Waals surface area contributed by atoms with Crippen molar-refractivity contribution in [3.63, 3.8) is 0 Å². The summed E-state index contributed by atoms with van der Waals surface area (Å²) in [5.74, 6) is -0.0244. The van der Waals surface area contributed by atoms with E-state index in [9.17, 15) is 9.59 Å². The van der Waals surface area contributed by atoms with E-state index in [-0.39, 0.29) is 12.4 Å². The minimum atomic E-state index is -0.668. The van der Waals surface area contributed by atoms with Crippen LogP contribution >= 0.6 is 0 Å². The van der Waals surface area contributed by atoms with Crippen LogP contribution in [0.1, 0.15) is 13.8 Å². The van der Waals surface area contributed by atoms with Gasteiger partial charge in [-0.05, 0) is 13.8 Å². The Labute approximate surface area is 79.2 Å². The van der Waals surface area contributed by atoms with Crippen LogP contribution in [0.4, 0.5) is 5.82 Å². The van der Waals surface area contributed by atoms with Crippen molar-refractivity contribution in [2.75, 3.05) is 11.9 Å². The van der Waals surface area contributed by atoms with Gasteiger partial charge in [-0.25, -0.2) is 9.89 Å². The number of aromatic amines is 2. The van der Waals surface area contributed by atoms with Crippen molar-refractivity contribution >= 4 is 5.82 Å². The third-order valence-corrected chi connectivity index (χ3v) is 1.56. The summed E-state index contributed by atoms with van der Waals surface area (Å²) in [6.45, 7) is 3.23. The maximum absolute atomic E-state index is 11.2. The van der Waals surface area contributed by atoms with Gasteiger partial charge in [0.1, 0.15) is 0 Å². The molecular formula is C7H12N4O3. The molecule has 0 radical (unpaired) electrons. The molecule has 14 heavy (non-hydrogen) atoms. The molecule has 0 fully saturated rings. The van der Waals surface area contributed by atoms with Gasteiger partial charge in [0.15, 0.2) is 0 Å². The van der Waals surface area contributed by atoms with Crippen LogP contribution in [0.25, 0.3) is 0 Å². The summed E-state index contributed by atoms with van der Waals surface area (Å²) in [5, 5.41) is 17.2. The molecule has 1 heterocycles. The molecule has 1 rings (SSSR count). The van der Waals surface area contributed by atoms with Crippen LogP contribution in [0.5, 0.6) is 0 Å². The Morgan fingerprint density at radius 1 is 1.50 bits per heavy atom. The van der Waals surface area contributed by atoms with Crippen molar-refractivity contribution in [1.29, 1.82) is 0 Å². The van der Waals surface area contributed by atoms with Crippen LogP contribution in [0.15, 0.2) is 9.59 Å². The van der Waals surface area contributed by atoms with E-state index in [4.69, 9.17) is 5.11 Å². The molecule has 0 saturated carbocycles. The lowest BCUT2D eigenvalue weighted by Crippen LogP contribution is -2.39. The minimum Gasteiger partial charge on any atom is -0.394 e. The molecule has 1 aromatic heterocycles. The zero-order valence-electron chi connectivity index (χ0n) is 7.92. The standard InChI is InChI=1S/C7H12N4O3/c1-7(2,3-12)9-4-5(13)8-6(14)11-10-4/h12H,3H2,1-2H3,(H,9,10)(H2,8,11,13,14). The van der Waals surface area contributed by atoms with Crippen LogP contribution in [-0.4, -0.2) is 32.4 Å². The Morgan fingerprint density at radius 2 is 2.14 bits per heavy atom. The number of nitrogens with one attached hydrogen (secondary N) is 3. The van der Waals surface area contributed by atoms with Crippen LogP contribution in [0.2, 0.25) is 0 Å². The lowest BCUT2D eigenvalue weighted by atomic mass is 10.1. The predicted molar refractivity (Wildman–Crippen MR) is 50.3 cm³/mol. The monoisotopic (exact) mass is 200 g/mol. The molecule has 0 spiro atoms. The Hall–Kier alpha value is -1.63. The van der Waals surface area contributed by atoms with Gasteiger partial charge in [-0.3, -0.25) is 9.78 Å². The van der Waals surface area contributed by atoms with Gasteiger partial charge in [-0.2, -0.15) is 0 Å². The van der Waals surface area contributed by atoms with Crippen LogP contribution < -0.4 is 16.6 Å². The number of aliphatic hydroxyl groups excluding tert-OH is 1. The molecule has 7 nitrogen and oxygen atoms in total. The Morgan fingerprint density at radius 3 is 2.64 bits per heavy atom. The van der Waals surface area contributed by atoms with Gasteiger partial charge in [0.2, 0.25) is 5.82 Å². The number of anilines is 1. The Balaban J connectivity index is 2.99. The van der Waals surface area contributed by atoms with E-state index in [0.717, 1.165) is 0 Å². The molecule has 0 aliphatic heterocycles. The van der Waals surface area contributed by atoms with Crippen molar-refractivity contribution in [1.82, 2.24) is 15.2 Å². The number of hydrogen-bond acceptors (Lipinski definition) is 5. The molecule has 0 aromatic carbocycles. The highest BCUT2D eigenvalue weighted by Gasteiger charge is 2.18. The van der Waals surface area contributed by atoms with Crippen molar-refractivity contribution in [2.24, 2.45) is 0 Å². The number of rotatable bonds is 3. The first-order chi connectivity index (χ1) is 6.44. The molecule has 0 aliphatic carbocycles. The first-order valence-corrected chi connectivity index (χ1v) is 4.03. The number of nitrogens with zero attached hydrogens (tertiary/aromatic N) is 1. The lowest BCUT2D eigenvalue weighted by molar-refractivity contribution is 0.233. The van der Waals surface area contributed by atoms with Crippen LogP contribution in [-0.2, 0) is 0 Å². The van der Waals surface area contributed by atoms with Gasteiger partial charge in [0.25, 0.3) is 5.56 Å². The van der Waals surface area contributed by atoms with E-state index in [2.05, 4.69) is 15.5 Å². The van der Waals surface area contributed by atoms with Gasteiger partial charge in [-0.1, -0.05) is 0 Å². The number of H-pyrrole nitrogens is 2. The van der Waals surface area contributed by atoms with Crippen molar-refractivity contribution in [3.8, 4) is 0 Å². The topological polar surface area (TPSA) is 111 Å². The molecular weight excluding hydrogens is 188 g/mol. The molecule has 0 unspecified atom stereocenters. The van der Waals surface area contributed by atoms with E-state index in [1.807, 2.05) is 4.98 Å². The Kier molecular flexibility index (Phi) is 2.70. The summed E-state index contributed by atoms with van der Waals surface area (Å²) < 4.78 is 0. The molecule has 4 N–H and O–H groups in total. The summed E-state index contributed by atoms with van der Waals surface area (Å²) in [6.07, 6.45) is 0. The highest BCUT2D eigenvalue weighted by atomic mass is 16.3. The molecule has 0 atom stereocenters. The second-order valence-corrected chi connectivity index (χ2v) is 3.52. The number of aromatic nitrogens is 3. The summed E-state index contributed by atoms with van der Waals surface area (Å²) in [4.78, 5) is 23.8. The fourth-order valence-corrected chi connectivity index (χ4v) is 0.792. The van der Waals surface area contributed by atoms with Gasteiger partial charge in [0.05, 0.1) is 12.1 Å². The minimum absolute atomic E-state index is 0.0244. The summed E-state index contributed by atoms with van der Waals surface area (Å²) in [7, 11) is 0. The fourth-order valence-electron chi connectivity index (χ4n) is 0.792. The van der Waals surface area contributed by atoms with E-state index in [1.165, 1.54) is 0 Å². The average Bonchev–Trinajstić information content (AvgIpc) is 2.10. The van der Waals surface area contributed by atoms with Crippen LogP contribution in [0, 0.1) is 0 Å². The zero-order valence-corrected chi connectivity index (χ0v) is 7.92. The first kappa shape index (κ1) is 10.5. The third-order valence-electron chi connectivity index (χ3n) is 1.56. The number of aliphatic hydroxyl groups is 1. The SMILES string of the molecule is CC(C)(CO)Nc1n[nH]c(=O)[nH]c1=O. The second kappa shape index (κ2) is 3.62. The number of hydrogen-bond donors (Lipinski definition) is 4. The highest BCUT2D eigenvalue weighted by molar-refractivity contribution is 5.32. The summed E-state index contributed by atoms with van der Waals surface area (Å²) in [5.41, 5.74) is -1.95. The summed E-state index contributed by atoms with van der Waals surface area (Å²) in [6, 6.07) is 0. The molecule has 0 bridgehead atoms. The van der Waals surface area contributed by atoms with E-state index < -0.39 is 16.8 Å². The molecule has 78 valence electrons. The Bertz CT molecular complexity index is 419. The maximum Gasteiger partial charge on any atom is 0.342 e. The van der Waals surface area contributed by atoms with E-state index >= 15 is 0 Å². The molecule has 0 aliphatic rings. The van der Waals surface area contributed by atoms with E-state index in [1.54, 1.807) is 13.8 Å². The normalized spacial score (nSPS) is 11.4. The van der Waals surface area contributed by atoms with Gasteiger partial charge < -0.3 is 10.4 Å². The molecule has 0 saturated heterocycles. The third kappa shape index (κ3) is 2.43. The second-order valence-electron chi connectivity index (χ2n) is 3.52. The smallest absolute Gasteiger partial charge is 0.342 e. The fraction of sp³-hybridized carbons (Fsp3) is 0.571. The molecule has 1 aromatic rings. The van der Waals surface area contributed by atoms with Gasteiger partial charge in [-0.15, -0.1) is 5.10 Å². The van der Waals surface area contributed by atoms with E-state index in [0.29, 0.717) is 0 Å². The van der Waals surface area contributed by atoms with Crippen molar-refractivity contribution in [3.05, 3.63) is 20.8 Å². The molecule has 7 heteroatoms. The van der Waals surface area contributed by atoms with Crippen LogP contribution in [0.3, 0.4) is 0 Å². The van der Waals surface area contributed by atoms with Crippen molar-refractivity contribution < 1.29 is 5.11 Å². The van der Waals surface area contributed by atoms with Crippen molar-refractivity contribution in [2.45, 2.75) is 19.4 Å². The highest BCUT2D eigenvalue weighted by Crippen LogP contribution is 2.05. The first-order valence-electron chi connectivity index (χ1n) is 4.03. The largest absolute Gasteiger partial charge is 0.394 e. The summed E-state index contributed by atoms with van der Waals surface area (Å²) >= 11 is 0. The van der Waals surface area contributed by atoms with Gasteiger partial charge >= 0.3 is 5.69 Å². The predicted octanol–water partition coefficient (Wildman–Crippen LogP) is -1.36. The van der Waals surface area contributed by atoms with Gasteiger partial charge in [0, 0.05) is 0 Å². The average molecular weight is 200 g/mol. The molecule has 0 amide bonds. The maximum atomic E-state index is 11.2.